The Morgan fingerprint density at radius 2 is 2.44 bits per heavy atom. The van der Waals surface area contributed by atoms with Crippen LogP contribution < -0.4 is 0 Å². The summed E-state index contributed by atoms with van der Waals surface area (Å²) in [7, 11) is 3.59. The highest BCUT2D eigenvalue weighted by Crippen LogP contribution is 2.03. The van der Waals surface area contributed by atoms with E-state index < -0.39 is 0 Å². The molecular weight excluding hydrogens is 208 g/mol. The van der Waals surface area contributed by atoms with Crippen LogP contribution in [0.2, 0.25) is 0 Å². The average molecular weight is 220 g/mol. The van der Waals surface area contributed by atoms with Crippen molar-refractivity contribution in [3.05, 3.63) is 30.1 Å². The Balaban J connectivity index is 2.07. The highest BCUT2D eigenvalue weighted by atomic mass is 16.2. The molecule has 7 nitrogen and oxygen atoms in total. The van der Waals surface area contributed by atoms with Gasteiger partial charge in [0.2, 0.25) is 0 Å². The number of amides is 1. The van der Waals surface area contributed by atoms with Gasteiger partial charge in [0.05, 0.1) is 12.7 Å². The third kappa shape index (κ3) is 1.92. The maximum Gasteiger partial charge on any atom is 0.276 e. The molecule has 0 aromatic carbocycles. The van der Waals surface area contributed by atoms with E-state index in [0.717, 1.165) is 5.82 Å². The minimum absolute atomic E-state index is 0.184. The molecule has 0 radical (unpaired) electrons. The van der Waals surface area contributed by atoms with Crippen LogP contribution in [0.25, 0.3) is 0 Å². The molecule has 2 aromatic heterocycles. The fourth-order valence-corrected chi connectivity index (χ4v) is 1.33. The number of rotatable bonds is 3. The first-order valence-corrected chi connectivity index (χ1v) is 4.76. The number of H-pyrrole nitrogens is 1. The molecule has 2 aromatic rings. The minimum Gasteiger partial charge on any atom is -0.337 e. The van der Waals surface area contributed by atoms with E-state index in [1.54, 1.807) is 18.1 Å². The number of carbonyl (C=O) groups excluding carboxylic acids is 1. The zero-order chi connectivity index (χ0) is 11.5. The topological polar surface area (TPSA) is 79.7 Å². The predicted octanol–water partition coefficient (Wildman–Crippen LogP) is -0.190. The number of aryl methyl sites for hydroxylation is 1. The van der Waals surface area contributed by atoms with Gasteiger partial charge in [-0.3, -0.25) is 4.79 Å². The largest absolute Gasteiger partial charge is 0.337 e. The maximum atomic E-state index is 11.8. The molecule has 0 fully saturated rings. The summed E-state index contributed by atoms with van der Waals surface area (Å²) >= 11 is 0. The molecule has 2 rings (SSSR count). The van der Waals surface area contributed by atoms with Crippen molar-refractivity contribution in [1.82, 2.24) is 29.9 Å². The molecule has 1 N–H and O–H groups in total. The van der Waals surface area contributed by atoms with Crippen molar-refractivity contribution < 1.29 is 4.79 Å². The molecule has 0 saturated carbocycles. The first-order valence-electron chi connectivity index (χ1n) is 4.76. The van der Waals surface area contributed by atoms with Gasteiger partial charge in [0.25, 0.3) is 5.91 Å². The van der Waals surface area contributed by atoms with Crippen LogP contribution in [0, 0.1) is 0 Å². The third-order valence-electron chi connectivity index (χ3n) is 2.28. The second-order valence-electron chi connectivity index (χ2n) is 3.47. The molecule has 0 aliphatic heterocycles. The van der Waals surface area contributed by atoms with E-state index in [2.05, 4.69) is 20.4 Å². The van der Waals surface area contributed by atoms with Crippen molar-refractivity contribution in [2.24, 2.45) is 7.05 Å². The van der Waals surface area contributed by atoms with E-state index >= 15 is 0 Å². The van der Waals surface area contributed by atoms with Gasteiger partial charge in [-0.1, -0.05) is 0 Å². The second-order valence-corrected chi connectivity index (χ2v) is 3.47. The second kappa shape index (κ2) is 4.13. The lowest BCUT2D eigenvalue weighted by molar-refractivity contribution is 0.0774. The number of aromatic amines is 1. The molecular formula is C9H12N6O. The molecule has 0 atom stereocenters. The predicted molar refractivity (Wildman–Crippen MR) is 55.4 cm³/mol. The smallest absolute Gasteiger partial charge is 0.276 e. The Labute approximate surface area is 92.1 Å². The van der Waals surface area contributed by atoms with Crippen LogP contribution in [-0.4, -0.2) is 42.8 Å². The van der Waals surface area contributed by atoms with Gasteiger partial charge in [0.15, 0.2) is 5.69 Å². The number of carbonyl (C=O) groups is 1. The van der Waals surface area contributed by atoms with Crippen molar-refractivity contribution in [1.29, 1.82) is 0 Å². The summed E-state index contributed by atoms with van der Waals surface area (Å²) in [5, 5.41) is 9.74. The number of aromatic nitrogens is 5. The molecule has 0 aliphatic carbocycles. The summed E-state index contributed by atoms with van der Waals surface area (Å²) in [5.74, 6) is 0.635. The first-order chi connectivity index (χ1) is 7.68. The molecule has 2 heterocycles. The summed E-state index contributed by atoms with van der Waals surface area (Å²) < 4.78 is 1.87. The summed E-state index contributed by atoms with van der Waals surface area (Å²) in [6.45, 7) is 0.440. The number of nitrogens with zero attached hydrogens (tertiary/aromatic N) is 5. The van der Waals surface area contributed by atoms with Crippen molar-refractivity contribution >= 4 is 5.91 Å². The summed E-state index contributed by atoms with van der Waals surface area (Å²) in [6.07, 6.45) is 4.94. The molecule has 1 amide bonds. The number of hydrogen-bond acceptors (Lipinski definition) is 4. The van der Waals surface area contributed by atoms with Crippen LogP contribution in [0.15, 0.2) is 18.6 Å². The summed E-state index contributed by atoms with van der Waals surface area (Å²) in [5.41, 5.74) is 0.303. The van der Waals surface area contributed by atoms with E-state index in [1.165, 1.54) is 6.20 Å². The Bertz CT molecular complexity index is 474. The molecule has 0 spiro atoms. The van der Waals surface area contributed by atoms with Crippen LogP contribution in [-0.2, 0) is 13.6 Å². The minimum atomic E-state index is -0.184. The van der Waals surface area contributed by atoms with Crippen LogP contribution in [0.3, 0.4) is 0 Å². The highest BCUT2D eigenvalue weighted by Gasteiger charge is 2.15. The third-order valence-corrected chi connectivity index (χ3v) is 2.28. The number of nitrogens with one attached hydrogen (secondary N) is 1. The Morgan fingerprint density at radius 3 is 3.00 bits per heavy atom. The molecule has 0 saturated heterocycles. The van der Waals surface area contributed by atoms with Gasteiger partial charge in [0, 0.05) is 26.5 Å². The van der Waals surface area contributed by atoms with Gasteiger partial charge in [-0.05, 0) is 0 Å². The van der Waals surface area contributed by atoms with E-state index in [9.17, 15) is 4.79 Å². The van der Waals surface area contributed by atoms with Crippen molar-refractivity contribution in [2.45, 2.75) is 6.54 Å². The molecule has 84 valence electrons. The van der Waals surface area contributed by atoms with E-state index in [1.807, 2.05) is 17.8 Å². The number of imidazole rings is 1. The van der Waals surface area contributed by atoms with E-state index in [4.69, 9.17) is 0 Å². The van der Waals surface area contributed by atoms with Crippen LogP contribution in [0.1, 0.15) is 16.3 Å². The van der Waals surface area contributed by atoms with Crippen LogP contribution in [0.5, 0.6) is 0 Å². The van der Waals surface area contributed by atoms with E-state index in [-0.39, 0.29) is 5.91 Å². The highest BCUT2D eigenvalue weighted by molar-refractivity contribution is 5.91. The van der Waals surface area contributed by atoms with Gasteiger partial charge in [-0.25, -0.2) is 4.98 Å². The lowest BCUT2D eigenvalue weighted by Crippen LogP contribution is -2.27. The quantitative estimate of drug-likeness (QED) is 0.777. The van der Waals surface area contributed by atoms with Crippen molar-refractivity contribution in [3.63, 3.8) is 0 Å². The monoisotopic (exact) mass is 220 g/mol. The molecule has 7 heteroatoms. The van der Waals surface area contributed by atoms with E-state index in [0.29, 0.717) is 12.2 Å². The van der Waals surface area contributed by atoms with Crippen molar-refractivity contribution in [2.75, 3.05) is 7.05 Å². The SMILES string of the molecule is CN(Cc1nccn1C)C(=O)c1cn[nH]n1. The fourth-order valence-electron chi connectivity index (χ4n) is 1.33. The summed E-state index contributed by atoms with van der Waals surface area (Å²) in [4.78, 5) is 17.5. The zero-order valence-electron chi connectivity index (χ0n) is 9.08. The fraction of sp³-hybridized carbons (Fsp3) is 0.333. The Hall–Kier alpha value is -2.18. The van der Waals surface area contributed by atoms with Crippen molar-refractivity contribution in [3.8, 4) is 0 Å². The van der Waals surface area contributed by atoms with Gasteiger partial charge in [-0.15, -0.1) is 0 Å². The standard InChI is InChI=1S/C9H12N6O/c1-14-4-3-10-8(14)6-15(2)9(16)7-5-11-13-12-7/h3-5H,6H2,1-2H3,(H,11,12,13). The number of hydrogen-bond donors (Lipinski definition) is 1. The Kier molecular flexibility index (Phi) is 2.67. The molecule has 0 unspecified atom stereocenters. The average Bonchev–Trinajstić information content (AvgIpc) is 2.89. The maximum absolute atomic E-state index is 11.8. The normalized spacial score (nSPS) is 10.4. The lowest BCUT2D eigenvalue weighted by atomic mass is 10.4. The van der Waals surface area contributed by atoms with Crippen LogP contribution >= 0.6 is 0 Å². The van der Waals surface area contributed by atoms with Gasteiger partial charge < -0.3 is 9.47 Å². The summed E-state index contributed by atoms with van der Waals surface area (Å²) in [6, 6.07) is 0. The van der Waals surface area contributed by atoms with Gasteiger partial charge in [0.1, 0.15) is 5.82 Å². The lowest BCUT2D eigenvalue weighted by Gasteiger charge is -2.14. The zero-order valence-corrected chi connectivity index (χ0v) is 9.08. The van der Waals surface area contributed by atoms with Crippen LogP contribution in [0.4, 0.5) is 0 Å². The molecule has 0 aliphatic rings. The molecule has 0 bridgehead atoms. The van der Waals surface area contributed by atoms with Gasteiger partial charge in [-0.2, -0.15) is 15.4 Å². The molecule has 16 heavy (non-hydrogen) atoms. The first kappa shape index (κ1) is 10.3. The Morgan fingerprint density at radius 1 is 1.62 bits per heavy atom. The van der Waals surface area contributed by atoms with Gasteiger partial charge >= 0.3 is 0 Å².